The molecule has 0 saturated heterocycles. The Bertz CT molecular complexity index is 777. The summed E-state index contributed by atoms with van der Waals surface area (Å²) in [4.78, 5) is 34.6. The quantitative estimate of drug-likeness (QED) is 0.486. The summed E-state index contributed by atoms with van der Waals surface area (Å²) < 4.78 is 10.1. The van der Waals surface area contributed by atoms with E-state index in [4.69, 9.17) is 15.2 Å². The Labute approximate surface area is 157 Å². The summed E-state index contributed by atoms with van der Waals surface area (Å²) in [7, 11) is 0. The van der Waals surface area contributed by atoms with E-state index in [1.165, 1.54) is 17.7 Å². The van der Waals surface area contributed by atoms with Crippen LogP contribution in [0.3, 0.4) is 0 Å². The fourth-order valence-corrected chi connectivity index (χ4v) is 2.34. The molecule has 0 saturated carbocycles. The second-order valence-electron chi connectivity index (χ2n) is 5.75. The van der Waals surface area contributed by atoms with E-state index in [2.05, 4.69) is 5.32 Å². The number of amides is 2. The number of carbonyl (C=O) groups is 3. The van der Waals surface area contributed by atoms with Gasteiger partial charge in [-0.05, 0) is 30.5 Å². The van der Waals surface area contributed by atoms with Gasteiger partial charge in [0.2, 0.25) is 0 Å². The molecular formula is C20H22N2O5. The molecule has 7 heteroatoms. The van der Waals surface area contributed by atoms with Gasteiger partial charge < -0.3 is 20.5 Å². The van der Waals surface area contributed by atoms with Gasteiger partial charge in [-0.15, -0.1) is 0 Å². The molecule has 0 aromatic heterocycles. The molecule has 2 aromatic rings. The number of hydrogen-bond acceptors (Lipinski definition) is 5. The summed E-state index contributed by atoms with van der Waals surface area (Å²) in [5, 5.41) is 2.69. The van der Waals surface area contributed by atoms with Crippen molar-refractivity contribution in [3.05, 3.63) is 65.7 Å². The number of ether oxygens (including phenoxy) is 2. The van der Waals surface area contributed by atoms with Gasteiger partial charge in [0.15, 0.2) is 13.2 Å². The van der Waals surface area contributed by atoms with Gasteiger partial charge in [-0.3, -0.25) is 9.59 Å². The van der Waals surface area contributed by atoms with Crippen molar-refractivity contribution in [1.82, 2.24) is 5.32 Å². The molecule has 2 rings (SSSR count). The molecule has 2 amide bonds. The molecule has 0 unspecified atom stereocenters. The predicted molar refractivity (Wildman–Crippen MR) is 99.2 cm³/mol. The van der Waals surface area contributed by atoms with E-state index in [1.807, 2.05) is 30.3 Å². The van der Waals surface area contributed by atoms with Crippen molar-refractivity contribution in [2.24, 2.45) is 5.73 Å². The zero-order valence-electron chi connectivity index (χ0n) is 14.9. The summed E-state index contributed by atoms with van der Waals surface area (Å²) >= 11 is 0. The van der Waals surface area contributed by atoms with Crippen LogP contribution in [0.1, 0.15) is 22.3 Å². The van der Waals surface area contributed by atoms with Crippen LogP contribution in [-0.2, 0) is 20.7 Å². The number of benzene rings is 2. The molecule has 0 fully saturated rings. The van der Waals surface area contributed by atoms with Crippen LogP contribution >= 0.6 is 0 Å². The molecule has 0 spiro atoms. The van der Waals surface area contributed by atoms with Gasteiger partial charge in [-0.25, -0.2) is 4.79 Å². The average molecular weight is 370 g/mol. The second-order valence-corrected chi connectivity index (χ2v) is 5.75. The topological polar surface area (TPSA) is 108 Å². The molecule has 0 bridgehead atoms. The van der Waals surface area contributed by atoms with E-state index in [0.29, 0.717) is 6.54 Å². The summed E-state index contributed by atoms with van der Waals surface area (Å²) in [5.74, 6) is -1.57. The minimum absolute atomic E-state index is 0.168. The van der Waals surface area contributed by atoms with E-state index in [-0.39, 0.29) is 23.8 Å². The molecule has 3 N–H and O–H groups in total. The van der Waals surface area contributed by atoms with Gasteiger partial charge in [0.1, 0.15) is 5.75 Å². The molecule has 142 valence electrons. The van der Waals surface area contributed by atoms with Crippen LogP contribution < -0.4 is 15.8 Å². The number of rotatable bonds is 10. The maximum absolute atomic E-state index is 11.7. The number of nitrogens with two attached hydrogens (primary N) is 1. The Morgan fingerprint density at radius 1 is 0.926 bits per heavy atom. The maximum atomic E-state index is 11.7. The van der Waals surface area contributed by atoms with Crippen LogP contribution in [0, 0.1) is 0 Å². The Kier molecular flexibility index (Phi) is 7.84. The first-order valence-electron chi connectivity index (χ1n) is 8.54. The zero-order chi connectivity index (χ0) is 19.5. The lowest BCUT2D eigenvalue weighted by Gasteiger charge is -2.09. The van der Waals surface area contributed by atoms with Crippen LogP contribution in [0.25, 0.3) is 0 Å². The third-order valence-electron chi connectivity index (χ3n) is 3.67. The monoisotopic (exact) mass is 370 g/mol. The number of para-hydroxylation sites is 1. The Morgan fingerprint density at radius 2 is 1.63 bits per heavy atom. The van der Waals surface area contributed by atoms with Gasteiger partial charge in [0.05, 0.1) is 5.56 Å². The van der Waals surface area contributed by atoms with Gasteiger partial charge >= 0.3 is 5.97 Å². The predicted octanol–water partition coefficient (Wildman–Crippen LogP) is 1.46. The Morgan fingerprint density at radius 3 is 2.37 bits per heavy atom. The minimum Gasteiger partial charge on any atom is -0.481 e. The summed E-state index contributed by atoms with van der Waals surface area (Å²) in [6, 6.07) is 16.2. The first-order valence-corrected chi connectivity index (χ1v) is 8.54. The van der Waals surface area contributed by atoms with Crippen molar-refractivity contribution < 1.29 is 23.9 Å². The molecule has 27 heavy (non-hydrogen) atoms. The maximum Gasteiger partial charge on any atom is 0.344 e. The van der Waals surface area contributed by atoms with Crippen LogP contribution in [0.15, 0.2) is 54.6 Å². The van der Waals surface area contributed by atoms with E-state index in [0.717, 1.165) is 12.8 Å². The Hall–Kier alpha value is -3.35. The number of nitrogens with one attached hydrogen (secondary N) is 1. The molecule has 2 aromatic carbocycles. The average Bonchev–Trinajstić information content (AvgIpc) is 2.69. The lowest BCUT2D eigenvalue weighted by molar-refractivity contribution is -0.150. The molecule has 0 aliphatic carbocycles. The lowest BCUT2D eigenvalue weighted by atomic mass is 10.1. The summed E-state index contributed by atoms with van der Waals surface area (Å²) in [5.41, 5.74) is 6.59. The van der Waals surface area contributed by atoms with Gasteiger partial charge in [-0.2, -0.15) is 0 Å². The van der Waals surface area contributed by atoms with E-state index in [9.17, 15) is 14.4 Å². The molecule has 0 aliphatic heterocycles. The summed E-state index contributed by atoms with van der Waals surface area (Å²) in [6.07, 6.45) is 1.64. The van der Waals surface area contributed by atoms with Gasteiger partial charge in [-0.1, -0.05) is 42.5 Å². The highest BCUT2D eigenvalue weighted by molar-refractivity contribution is 5.95. The molecule has 7 nitrogen and oxygen atoms in total. The SMILES string of the molecule is NC(=O)c1ccccc1OCC(=O)OCC(=O)NCCCc1ccccc1. The highest BCUT2D eigenvalue weighted by Crippen LogP contribution is 2.16. The first kappa shape index (κ1) is 20.0. The van der Waals surface area contributed by atoms with E-state index in [1.54, 1.807) is 12.1 Å². The second kappa shape index (κ2) is 10.6. The van der Waals surface area contributed by atoms with Crippen LogP contribution in [-0.4, -0.2) is 37.5 Å². The van der Waals surface area contributed by atoms with Gasteiger partial charge in [0, 0.05) is 6.54 Å². The lowest BCUT2D eigenvalue weighted by Crippen LogP contribution is -2.30. The third kappa shape index (κ3) is 7.19. The smallest absolute Gasteiger partial charge is 0.344 e. The van der Waals surface area contributed by atoms with Crippen molar-refractivity contribution in [3.8, 4) is 5.75 Å². The number of aryl methyl sites for hydroxylation is 1. The van der Waals surface area contributed by atoms with Crippen molar-refractivity contribution in [3.63, 3.8) is 0 Å². The molecule has 0 radical (unpaired) electrons. The largest absolute Gasteiger partial charge is 0.481 e. The first-order chi connectivity index (χ1) is 13.1. The highest BCUT2D eigenvalue weighted by atomic mass is 16.6. The van der Waals surface area contributed by atoms with Crippen molar-refractivity contribution >= 4 is 17.8 Å². The van der Waals surface area contributed by atoms with Crippen molar-refractivity contribution in [2.75, 3.05) is 19.8 Å². The highest BCUT2D eigenvalue weighted by Gasteiger charge is 2.12. The zero-order valence-corrected chi connectivity index (χ0v) is 14.9. The van der Waals surface area contributed by atoms with Crippen LogP contribution in [0.4, 0.5) is 0 Å². The van der Waals surface area contributed by atoms with Crippen LogP contribution in [0.5, 0.6) is 5.75 Å². The number of carbonyl (C=O) groups excluding carboxylic acids is 3. The van der Waals surface area contributed by atoms with E-state index >= 15 is 0 Å². The molecule has 0 heterocycles. The van der Waals surface area contributed by atoms with Crippen molar-refractivity contribution in [1.29, 1.82) is 0 Å². The Balaban J connectivity index is 1.62. The summed E-state index contributed by atoms with van der Waals surface area (Å²) in [6.45, 7) is -0.315. The number of primary amides is 1. The fraction of sp³-hybridized carbons (Fsp3) is 0.250. The standard InChI is InChI=1S/C20H22N2O5/c21-20(25)16-10-4-5-11-17(16)26-14-19(24)27-13-18(23)22-12-6-9-15-7-2-1-3-8-15/h1-5,7-8,10-11H,6,9,12-14H2,(H2,21,25)(H,22,23). The molecular weight excluding hydrogens is 348 g/mol. The van der Waals surface area contributed by atoms with Gasteiger partial charge in [0.25, 0.3) is 11.8 Å². The molecule has 0 aliphatic rings. The van der Waals surface area contributed by atoms with E-state index < -0.39 is 18.5 Å². The third-order valence-corrected chi connectivity index (χ3v) is 3.67. The van der Waals surface area contributed by atoms with Crippen molar-refractivity contribution in [2.45, 2.75) is 12.8 Å². The van der Waals surface area contributed by atoms with Crippen LogP contribution in [0.2, 0.25) is 0 Å². The normalized spacial score (nSPS) is 10.1. The number of hydrogen-bond donors (Lipinski definition) is 2. The fourth-order valence-electron chi connectivity index (χ4n) is 2.34. The minimum atomic E-state index is -0.714. The number of esters is 1. The molecule has 0 atom stereocenters.